The Balaban J connectivity index is 1.45. The Hall–Kier alpha value is -3.19. The summed E-state index contributed by atoms with van der Waals surface area (Å²) < 4.78 is 6.25. The first kappa shape index (κ1) is 17.9. The van der Waals surface area contributed by atoms with Gasteiger partial charge >= 0.3 is 0 Å². The van der Waals surface area contributed by atoms with Gasteiger partial charge < -0.3 is 20.1 Å². The van der Waals surface area contributed by atoms with Gasteiger partial charge in [-0.1, -0.05) is 12.1 Å². The average molecular weight is 389 g/mol. The predicted octanol–water partition coefficient (Wildman–Crippen LogP) is 4.24. The van der Waals surface area contributed by atoms with Crippen molar-refractivity contribution in [1.82, 2.24) is 19.9 Å². The number of ether oxygens (including phenoxy) is 1. The molecule has 5 rings (SSSR count). The Bertz CT molecular complexity index is 1160. The second-order valence-electron chi connectivity index (χ2n) is 7.65. The molecule has 4 aromatic rings. The third-order valence-electron chi connectivity index (χ3n) is 5.52. The minimum atomic E-state index is -0.198. The molecule has 0 bridgehead atoms. The number of imidazole rings is 1. The third-order valence-corrected chi connectivity index (χ3v) is 5.52. The molecule has 0 spiro atoms. The van der Waals surface area contributed by atoms with E-state index in [0.29, 0.717) is 5.95 Å². The number of aliphatic hydroxyl groups excluding tert-OH is 1. The van der Waals surface area contributed by atoms with E-state index < -0.39 is 0 Å². The zero-order valence-corrected chi connectivity index (χ0v) is 16.2. The number of aryl methyl sites for hydroxylation is 1. The Morgan fingerprint density at radius 1 is 1.14 bits per heavy atom. The summed E-state index contributed by atoms with van der Waals surface area (Å²) >= 11 is 0. The minimum Gasteiger partial charge on any atom is -0.488 e. The Labute approximate surface area is 168 Å². The maximum Gasteiger partial charge on any atom is 0.227 e. The molecular weight excluding hydrogens is 366 g/mol. The van der Waals surface area contributed by atoms with Crippen LogP contribution in [0.25, 0.3) is 21.9 Å². The van der Waals surface area contributed by atoms with Crippen molar-refractivity contribution in [2.24, 2.45) is 0 Å². The van der Waals surface area contributed by atoms with Crippen molar-refractivity contribution >= 4 is 33.6 Å². The highest BCUT2D eigenvalue weighted by molar-refractivity contribution is 5.86. The highest BCUT2D eigenvalue weighted by atomic mass is 16.5. The zero-order valence-electron chi connectivity index (χ0n) is 16.2. The van der Waals surface area contributed by atoms with Crippen molar-refractivity contribution < 1.29 is 9.84 Å². The summed E-state index contributed by atoms with van der Waals surface area (Å²) in [5.41, 5.74) is 4.68. The summed E-state index contributed by atoms with van der Waals surface area (Å²) in [5.74, 6) is 1.28. The first-order chi connectivity index (χ1) is 14.2. The van der Waals surface area contributed by atoms with Crippen LogP contribution < -0.4 is 10.1 Å². The molecule has 1 saturated carbocycles. The van der Waals surface area contributed by atoms with Crippen LogP contribution >= 0.6 is 0 Å². The first-order valence-electron chi connectivity index (χ1n) is 9.97. The number of benzene rings is 2. The molecule has 148 valence electrons. The molecule has 1 fully saturated rings. The molecule has 0 amide bonds. The number of anilines is 2. The van der Waals surface area contributed by atoms with Crippen molar-refractivity contribution in [1.29, 1.82) is 0 Å². The Kier molecular flexibility index (Phi) is 4.52. The molecule has 0 saturated heterocycles. The molecule has 0 radical (unpaired) electrons. The molecule has 7 nitrogen and oxygen atoms in total. The molecule has 3 N–H and O–H groups in total. The monoisotopic (exact) mass is 389 g/mol. The summed E-state index contributed by atoms with van der Waals surface area (Å²) in [6.07, 6.45) is 6.70. The number of rotatable bonds is 4. The predicted molar refractivity (Wildman–Crippen MR) is 113 cm³/mol. The lowest BCUT2D eigenvalue weighted by atomic mass is 9.95. The van der Waals surface area contributed by atoms with Crippen LogP contribution in [0.5, 0.6) is 5.75 Å². The topological polar surface area (TPSA) is 96.0 Å². The van der Waals surface area contributed by atoms with Gasteiger partial charge in [0.25, 0.3) is 0 Å². The molecule has 0 unspecified atom stereocenters. The molecule has 2 aromatic carbocycles. The number of hydrogen-bond acceptors (Lipinski definition) is 6. The number of para-hydroxylation sites is 1. The van der Waals surface area contributed by atoms with E-state index >= 15 is 0 Å². The molecule has 0 atom stereocenters. The van der Waals surface area contributed by atoms with Gasteiger partial charge in [-0.3, -0.25) is 0 Å². The summed E-state index contributed by atoms with van der Waals surface area (Å²) in [5, 5.41) is 14.0. The van der Waals surface area contributed by atoms with Gasteiger partial charge in [0.1, 0.15) is 11.3 Å². The number of hydrogen-bond donors (Lipinski definition) is 3. The lowest BCUT2D eigenvalue weighted by molar-refractivity contribution is 0.0672. The van der Waals surface area contributed by atoms with Gasteiger partial charge in [0.2, 0.25) is 5.95 Å². The van der Waals surface area contributed by atoms with Gasteiger partial charge in [-0.25, -0.2) is 15.0 Å². The van der Waals surface area contributed by atoms with Gasteiger partial charge in [0.05, 0.1) is 29.6 Å². The van der Waals surface area contributed by atoms with E-state index in [2.05, 4.69) is 20.3 Å². The molecule has 2 heterocycles. The average Bonchev–Trinajstić information content (AvgIpc) is 3.17. The standard InChI is InChI=1S/C22H23N5O2/c1-13-9-18-19(25-12-24-18)10-17(13)26-22-23-11-14-3-2-4-20(21(14)27-22)29-16-7-5-15(28)6-8-16/h2-4,9-12,15-16,28H,5-8H2,1H3,(H,24,25)(H,23,26,27). The van der Waals surface area contributed by atoms with Crippen LogP contribution in [0.4, 0.5) is 11.6 Å². The largest absolute Gasteiger partial charge is 0.488 e. The fourth-order valence-electron chi connectivity index (χ4n) is 3.87. The van der Waals surface area contributed by atoms with Crippen molar-refractivity contribution in [2.45, 2.75) is 44.8 Å². The summed E-state index contributed by atoms with van der Waals surface area (Å²) in [7, 11) is 0. The van der Waals surface area contributed by atoms with Crippen LogP contribution in [-0.4, -0.2) is 37.3 Å². The smallest absolute Gasteiger partial charge is 0.227 e. The van der Waals surface area contributed by atoms with Crippen molar-refractivity contribution in [3.05, 3.63) is 48.4 Å². The van der Waals surface area contributed by atoms with E-state index in [0.717, 1.165) is 64.6 Å². The number of aromatic nitrogens is 4. The molecular formula is C22H23N5O2. The van der Waals surface area contributed by atoms with Crippen LogP contribution in [0.3, 0.4) is 0 Å². The van der Waals surface area contributed by atoms with Crippen molar-refractivity contribution in [3.63, 3.8) is 0 Å². The summed E-state index contributed by atoms with van der Waals surface area (Å²) in [6, 6.07) is 9.94. The molecule has 1 aliphatic rings. The van der Waals surface area contributed by atoms with E-state index in [1.807, 2.05) is 43.5 Å². The zero-order chi connectivity index (χ0) is 19.8. The van der Waals surface area contributed by atoms with Crippen LogP contribution in [-0.2, 0) is 0 Å². The highest BCUT2D eigenvalue weighted by Gasteiger charge is 2.21. The van der Waals surface area contributed by atoms with Crippen molar-refractivity contribution in [2.75, 3.05) is 5.32 Å². The quantitative estimate of drug-likeness (QED) is 0.483. The van der Waals surface area contributed by atoms with Gasteiger partial charge in [-0.2, -0.15) is 0 Å². The Morgan fingerprint density at radius 3 is 2.86 bits per heavy atom. The Morgan fingerprint density at radius 2 is 2.00 bits per heavy atom. The molecule has 1 aliphatic carbocycles. The molecule has 29 heavy (non-hydrogen) atoms. The van der Waals surface area contributed by atoms with Gasteiger partial charge in [-0.15, -0.1) is 0 Å². The highest BCUT2D eigenvalue weighted by Crippen LogP contribution is 2.30. The normalized spacial score (nSPS) is 19.5. The lowest BCUT2D eigenvalue weighted by Gasteiger charge is -2.26. The second-order valence-corrected chi connectivity index (χ2v) is 7.65. The summed E-state index contributed by atoms with van der Waals surface area (Å²) in [6.45, 7) is 2.03. The number of fused-ring (bicyclic) bond motifs is 2. The van der Waals surface area contributed by atoms with Crippen LogP contribution in [0.2, 0.25) is 0 Å². The SMILES string of the molecule is Cc1cc2nc[nH]c2cc1Nc1ncc2cccc(OC3CCC(O)CC3)c2n1. The van der Waals surface area contributed by atoms with Crippen molar-refractivity contribution in [3.8, 4) is 5.75 Å². The van der Waals surface area contributed by atoms with E-state index in [1.54, 1.807) is 6.33 Å². The number of nitrogens with zero attached hydrogens (tertiary/aromatic N) is 3. The minimum absolute atomic E-state index is 0.111. The summed E-state index contributed by atoms with van der Waals surface area (Å²) in [4.78, 5) is 16.6. The van der Waals surface area contributed by atoms with E-state index in [4.69, 9.17) is 9.72 Å². The van der Waals surface area contributed by atoms with Crippen LogP contribution in [0.15, 0.2) is 42.9 Å². The molecule has 0 aliphatic heterocycles. The number of aliphatic hydroxyl groups is 1. The second kappa shape index (κ2) is 7.33. The maximum atomic E-state index is 9.73. The first-order valence-corrected chi connectivity index (χ1v) is 9.97. The number of H-pyrrole nitrogens is 1. The van der Waals surface area contributed by atoms with E-state index in [1.165, 1.54) is 0 Å². The van der Waals surface area contributed by atoms with Gasteiger partial charge in [-0.05, 0) is 56.4 Å². The molecule has 2 aromatic heterocycles. The molecule has 7 heteroatoms. The van der Waals surface area contributed by atoms with Gasteiger partial charge in [0.15, 0.2) is 0 Å². The fraction of sp³-hybridized carbons (Fsp3) is 0.318. The van der Waals surface area contributed by atoms with Crippen LogP contribution in [0, 0.1) is 6.92 Å². The number of aromatic amines is 1. The number of nitrogens with one attached hydrogen (secondary N) is 2. The lowest BCUT2D eigenvalue weighted by Crippen LogP contribution is -2.26. The fourth-order valence-corrected chi connectivity index (χ4v) is 3.87. The van der Waals surface area contributed by atoms with Gasteiger partial charge in [0, 0.05) is 17.3 Å². The third kappa shape index (κ3) is 3.61. The maximum absolute atomic E-state index is 9.73. The van der Waals surface area contributed by atoms with E-state index in [-0.39, 0.29) is 12.2 Å². The van der Waals surface area contributed by atoms with E-state index in [9.17, 15) is 5.11 Å². The van der Waals surface area contributed by atoms with Crippen LogP contribution in [0.1, 0.15) is 31.2 Å².